The quantitative estimate of drug-likeness (QED) is 0.738. The van der Waals surface area contributed by atoms with E-state index in [0.29, 0.717) is 17.4 Å². The van der Waals surface area contributed by atoms with Crippen LogP contribution in [0.4, 0.5) is 13.2 Å². The first-order valence-electron chi connectivity index (χ1n) is 7.43. The number of primary amides is 1. The Kier molecular flexibility index (Phi) is 4.66. The fourth-order valence-electron chi connectivity index (χ4n) is 2.38. The zero-order valence-corrected chi connectivity index (χ0v) is 13.5. The van der Waals surface area contributed by atoms with Crippen LogP contribution in [0.5, 0.6) is 5.75 Å². The summed E-state index contributed by atoms with van der Waals surface area (Å²) in [4.78, 5) is 15.6. The average Bonchev–Trinajstić information content (AvgIpc) is 3.07. The molecule has 3 rings (SSSR count). The number of carbonyl (C=O) groups excluding carboxylic acids is 1. The van der Waals surface area contributed by atoms with Crippen LogP contribution in [-0.4, -0.2) is 18.0 Å². The molecule has 0 aliphatic carbocycles. The number of methoxy groups -OCH3 is 1. The summed E-state index contributed by atoms with van der Waals surface area (Å²) in [6, 6.07) is 9.38. The van der Waals surface area contributed by atoms with Gasteiger partial charge < -0.3 is 14.9 Å². The number of hydrogen-bond donors (Lipinski definition) is 1. The van der Waals surface area contributed by atoms with Crippen molar-refractivity contribution in [1.82, 2.24) is 4.98 Å². The molecule has 0 aliphatic heterocycles. The third kappa shape index (κ3) is 3.26. The second-order valence-corrected chi connectivity index (χ2v) is 5.33. The van der Waals surface area contributed by atoms with Crippen molar-refractivity contribution in [3.63, 3.8) is 0 Å². The van der Waals surface area contributed by atoms with Crippen LogP contribution in [0, 0.1) is 5.82 Å². The highest BCUT2D eigenvalue weighted by Crippen LogP contribution is 2.33. The second-order valence-electron chi connectivity index (χ2n) is 5.33. The summed E-state index contributed by atoms with van der Waals surface area (Å²) in [6.45, 7) is 0. The van der Waals surface area contributed by atoms with Crippen molar-refractivity contribution >= 4 is 5.91 Å². The summed E-state index contributed by atoms with van der Waals surface area (Å²) in [7, 11) is 1.50. The molecule has 0 bridgehead atoms. The van der Waals surface area contributed by atoms with E-state index in [1.165, 1.54) is 7.11 Å². The monoisotopic (exact) mass is 362 g/mol. The van der Waals surface area contributed by atoms with Gasteiger partial charge in [-0.25, -0.2) is 18.2 Å². The van der Waals surface area contributed by atoms with E-state index in [9.17, 15) is 18.0 Å². The molecule has 0 atom stereocenters. The molecule has 0 unspecified atom stereocenters. The predicted molar refractivity (Wildman–Crippen MR) is 87.4 cm³/mol. The zero-order valence-electron chi connectivity index (χ0n) is 13.5. The molecule has 2 aromatic carbocycles. The van der Waals surface area contributed by atoms with Crippen LogP contribution in [0.25, 0.3) is 22.8 Å². The van der Waals surface area contributed by atoms with Gasteiger partial charge in [-0.3, -0.25) is 4.79 Å². The smallest absolute Gasteiger partial charge is 0.271 e. The fraction of sp³-hybridized carbons (Fsp3) is 0.111. The molecule has 1 amide bonds. The molecule has 26 heavy (non-hydrogen) atoms. The van der Waals surface area contributed by atoms with E-state index in [1.807, 2.05) is 0 Å². The van der Waals surface area contributed by atoms with Crippen LogP contribution in [0.15, 0.2) is 46.9 Å². The molecule has 0 radical (unpaired) electrons. The van der Waals surface area contributed by atoms with Crippen molar-refractivity contribution in [1.29, 1.82) is 0 Å². The lowest BCUT2D eigenvalue weighted by Crippen LogP contribution is -2.12. The van der Waals surface area contributed by atoms with Gasteiger partial charge in [-0.1, -0.05) is 6.07 Å². The van der Waals surface area contributed by atoms with Crippen molar-refractivity contribution in [2.45, 2.75) is 6.43 Å². The van der Waals surface area contributed by atoms with Gasteiger partial charge >= 0.3 is 0 Å². The molecule has 2 N–H and O–H groups in total. The number of oxazole rings is 1. The minimum absolute atomic E-state index is 0.0486. The highest BCUT2D eigenvalue weighted by Gasteiger charge is 2.22. The summed E-state index contributed by atoms with van der Waals surface area (Å²) in [5.41, 5.74) is 4.98. The van der Waals surface area contributed by atoms with E-state index >= 15 is 0 Å². The predicted octanol–water partition coefficient (Wildman–Crippen LogP) is 4.19. The Bertz CT molecular complexity index is 953. The number of aromatic nitrogens is 1. The highest BCUT2D eigenvalue weighted by atomic mass is 19.3. The third-order valence-electron chi connectivity index (χ3n) is 3.69. The third-order valence-corrected chi connectivity index (χ3v) is 3.69. The molecule has 3 aromatic rings. The Balaban J connectivity index is 2.08. The molecule has 1 heterocycles. The maximum Gasteiger partial charge on any atom is 0.271 e. The molecule has 134 valence electrons. The lowest BCUT2D eigenvalue weighted by atomic mass is 10.1. The standard InChI is InChI=1S/C18H13F3N2O3/c1-25-11-5-2-9(3-6-11)15-14(17(22)24)23-18(26-15)12-7-4-10(16(20)21)8-13(12)19/h2-8,16H,1H3,(H2,22,24). The van der Waals surface area contributed by atoms with Gasteiger partial charge in [-0.05, 0) is 36.4 Å². The van der Waals surface area contributed by atoms with Crippen molar-refractivity contribution in [3.05, 3.63) is 59.5 Å². The summed E-state index contributed by atoms with van der Waals surface area (Å²) in [5, 5.41) is 0. The number of benzene rings is 2. The van der Waals surface area contributed by atoms with Crippen molar-refractivity contribution in [2.75, 3.05) is 7.11 Å². The molecule has 0 saturated carbocycles. The SMILES string of the molecule is COc1ccc(-c2oc(-c3ccc(C(F)F)cc3F)nc2C(N)=O)cc1. The summed E-state index contributed by atoms with van der Waals surface area (Å²) < 4.78 is 50.1. The zero-order chi connectivity index (χ0) is 18.8. The average molecular weight is 362 g/mol. The van der Waals surface area contributed by atoms with Crippen LogP contribution in [-0.2, 0) is 0 Å². The first kappa shape index (κ1) is 17.5. The summed E-state index contributed by atoms with van der Waals surface area (Å²) in [5.74, 6) is -1.41. The minimum Gasteiger partial charge on any atom is -0.497 e. The number of halogens is 3. The molecule has 0 saturated heterocycles. The molecular formula is C18H13F3N2O3. The largest absolute Gasteiger partial charge is 0.497 e. The molecule has 8 heteroatoms. The molecule has 1 aromatic heterocycles. The Labute approximate surface area is 146 Å². The second kappa shape index (κ2) is 6.91. The van der Waals surface area contributed by atoms with E-state index in [4.69, 9.17) is 14.9 Å². The lowest BCUT2D eigenvalue weighted by molar-refractivity contribution is 0.0996. The Morgan fingerprint density at radius 2 is 1.88 bits per heavy atom. The van der Waals surface area contributed by atoms with Gasteiger partial charge in [-0.15, -0.1) is 0 Å². The molecular weight excluding hydrogens is 349 g/mol. The van der Waals surface area contributed by atoms with Crippen LogP contribution >= 0.6 is 0 Å². The minimum atomic E-state index is -2.81. The van der Waals surface area contributed by atoms with Gasteiger partial charge in [0, 0.05) is 11.1 Å². The number of rotatable bonds is 5. The number of nitrogens with two attached hydrogens (primary N) is 1. The molecule has 5 nitrogen and oxygen atoms in total. The number of carbonyl (C=O) groups is 1. The van der Waals surface area contributed by atoms with Crippen molar-refractivity contribution in [3.8, 4) is 28.5 Å². The number of ether oxygens (including phenoxy) is 1. The van der Waals surface area contributed by atoms with Gasteiger partial charge in [0.2, 0.25) is 5.89 Å². The normalized spacial score (nSPS) is 11.0. The topological polar surface area (TPSA) is 78.3 Å². The Morgan fingerprint density at radius 3 is 2.42 bits per heavy atom. The van der Waals surface area contributed by atoms with Gasteiger partial charge in [0.15, 0.2) is 11.5 Å². The molecule has 0 spiro atoms. The van der Waals surface area contributed by atoms with Crippen LogP contribution in [0.2, 0.25) is 0 Å². The van der Waals surface area contributed by atoms with Gasteiger partial charge in [0.05, 0.1) is 12.7 Å². The van der Waals surface area contributed by atoms with E-state index in [1.54, 1.807) is 24.3 Å². The Hall–Kier alpha value is -3.29. The van der Waals surface area contributed by atoms with Crippen molar-refractivity contribution in [2.24, 2.45) is 5.73 Å². The first-order chi connectivity index (χ1) is 12.4. The summed E-state index contributed by atoms with van der Waals surface area (Å²) >= 11 is 0. The number of hydrogen-bond acceptors (Lipinski definition) is 4. The van der Waals surface area contributed by atoms with E-state index < -0.39 is 23.7 Å². The number of alkyl halides is 2. The maximum atomic E-state index is 14.2. The molecule has 0 aliphatic rings. The van der Waals surface area contributed by atoms with E-state index in [-0.39, 0.29) is 22.9 Å². The van der Waals surface area contributed by atoms with Gasteiger partial charge in [0.1, 0.15) is 11.6 Å². The van der Waals surface area contributed by atoms with E-state index in [0.717, 1.165) is 12.1 Å². The molecule has 0 fully saturated rings. The lowest BCUT2D eigenvalue weighted by Gasteiger charge is -2.03. The fourth-order valence-corrected chi connectivity index (χ4v) is 2.38. The summed E-state index contributed by atoms with van der Waals surface area (Å²) in [6.07, 6.45) is -2.81. The highest BCUT2D eigenvalue weighted by molar-refractivity contribution is 5.97. The van der Waals surface area contributed by atoms with Crippen molar-refractivity contribution < 1.29 is 27.1 Å². The van der Waals surface area contributed by atoms with Crippen LogP contribution in [0.1, 0.15) is 22.5 Å². The van der Waals surface area contributed by atoms with E-state index in [2.05, 4.69) is 4.98 Å². The van der Waals surface area contributed by atoms with Crippen LogP contribution in [0.3, 0.4) is 0 Å². The number of nitrogens with zero attached hydrogens (tertiary/aromatic N) is 1. The maximum absolute atomic E-state index is 14.2. The first-order valence-corrected chi connectivity index (χ1v) is 7.43. The van der Waals surface area contributed by atoms with Gasteiger partial charge in [0.25, 0.3) is 12.3 Å². The Morgan fingerprint density at radius 1 is 1.19 bits per heavy atom. The number of amides is 1. The van der Waals surface area contributed by atoms with Gasteiger partial charge in [-0.2, -0.15) is 0 Å². The van der Waals surface area contributed by atoms with Crippen LogP contribution < -0.4 is 10.5 Å².